The van der Waals surface area contributed by atoms with Gasteiger partial charge >= 0.3 is 5.63 Å². The number of hydrogen-bond acceptors (Lipinski definition) is 9. The summed E-state index contributed by atoms with van der Waals surface area (Å²) in [6.07, 6.45) is 0. The zero-order chi connectivity index (χ0) is 20.4. The van der Waals surface area contributed by atoms with Crippen LogP contribution in [-0.4, -0.2) is 45.6 Å². The van der Waals surface area contributed by atoms with Gasteiger partial charge in [-0.05, 0) is 24.3 Å². The molecule has 3 heterocycles. The van der Waals surface area contributed by atoms with Crippen LogP contribution in [0.15, 0.2) is 49.8 Å². The third kappa shape index (κ3) is 4.29. The highest BCUT2D eigenvalue weighted by atomic mass is 32.2. The van der Waals surface area contributed by atoms with Gasteiger partial charge in [0.05, 0.1) is 18.1 Å². The van der Waals surface area contributed by atoms with Gasteiger partial charge in [0.1, 0.15) is 11.3 Å². The standard InChI is InChI=1S/C17H16N4O6S2/c22-15-4-1-11-9-12(2-3-14(11)27-15)29(24,25)20-19-16(23)13-10-28-17(18-13)21-5-7-26-8-6-21/h1-4,9-10,20H,5-8H2,(H,19,23). The van der Waals surface area contributed by atoms with Gasteiger partial charge in [-0.15, -0.1) is 16.2 Å². The van der Waals surface area contributed by atoms with Crippen molar-refractivity contribution in [2.75, 3.05) is 31.2 Å². The summed E-state index contributed by atoms with van der Waals surface area (Å²) in [5, 5.41) is 2.68. The highest BCUT2D eigenvalue weighted by Gasteiger charge is 2.20. The molecule has 0 aliphatic carbocycles. The second-order valence-corrected chi connectivity index (χ2v) is 8.65. The molecule has 3 aromatic rings. The molecule has 0 radical (unpaired) electrons. The molecule has 2 N–H and O–H groups in total. The fourth-order valence-corrected chi connectivity index (χ4v) is 4.46. The van der Waals surface area contributed by atoms with E-state index in [-0.39, 0.29) is 16.2 Å². The van der Waals surface area contributed by atoms with Crippen LogP contribution in [0.4, 0.5) is 5.13 Å². The summed E-state index contributed by atoms with van der Waals surface area (Å²) in [4.78, 5) is 31.7. The summed E-state index contributed by atoms with van der Waals surface area (Å²) in [5.74, 6) is -0.670. The summed E-state index contributed by atoms with van der Waals surface area (Å²) in [7, 11) is -4.03. The van der Waals surface area contributed by atoms with E-state index in [1.165, 1.54) is 41.7 Å². The lowest BCUT2D eigenvalue weighted by Crippen LogP contribution is -2.41. The molecule has 1 amide bonds. The number of rotatable bonds is 5. The molecule has 1 fully saturated rings. The zero-order valence-electron chi connectivity index (χ0n) is 15.0. The molecule has 29 heavy (non-hydrogen) atoms. The van der Waals surface area contributed by atoms with E-state index in [0.717, 1.165) is 0 Å². The van der Waals surface area contributed by atoms with Crippen molar-refractivity contribution < 1.29 is 22.4 Å². The first-order chi connectivity index (χ1) is 13.9. The molecule has 0 atom stereocenters. The van der Waals surface area contributed by atoms with E-state index in [9.17, 15) is 18.0 Å². The number of nitrogens with one attached hydrogen (secondary N) is 2. The fourth-order valence-electron chi connectivity index (χ4n) is 2.72. The number of carbonyl (C=O) groups is 1. The topological polar surface area (TPSA) is 131 Å². The van der Waals surface area contributed by atoms with Crippen LogP contribution in [0.2, 0.25) is 0 Å². The number of fused-ring (bicyclic) bond motifs is 1. The Kier molecular flexibility index (Phi) is 5.32. The minimum absolute atomic E-state index is 0.0913. The molecule has 0 bridgehead atoms. The van der Waals surface area contributed by atoms with Crippen LogP contribution in [-0.2, 0) is 14.8 Å². The summed E-state index contributed by atoms with van der Waals surface area (Å²) in [5.41, 5.74) is 2.01. The number of sulfonamides is 1. The van der Waals surface area contributed by atoms with E-state index in [1.807, 2.05) is 9.73 Å². The number of amides is 1. The summed E-state index contributed by atoms with van der Waals surface area (Å²) in [6, 6.07) is 6.65. The normalized spacial score (nSPS) is 14.8. The average Bonchev–Trinajstić information content (AvgIpc) is 3.23. The van der Waals surface area contributed by atoms with Crippen LogP contribution in [0.3, 0.4) is 0 Å². The van der Waals surface area contributed by atoms with E-state index in [0.29, 0.717) is 36.8 Å². The quantitative estimate of drug-likeness (QED) is 0.442. The fraction of sp³-hybridized carbons (Fsp3) is 0.235. The third-order valence-corrected chi connectivity index (χ3v) is 6.35. The van der Waals surface area contributed by atoms with Gasteiger partial charge in [-0.25, -0.2) is 18.2 Å². The first-order valence-electron chi connectivity index (χ1n) is 8.57. The number of aromatic nitrogens is 1. The van der Waals surface area contributed by atoms with Crippen molar-refractivity contribution in [2.24, 2.45) is 0 Å². The largest absolute Gasteiger partial charge is 0.423 e. The highest BCUT2D eigenvalue weighted by molar-refractivity contribution is 7.89. The van der Waals surface area contributed by atoms with Gasteiger partial charge < -0.3 is 14.1 Å². The molecule has 2 aromatic heterocycles. The Balaban J connectivity index is 1.45. The van der Waals surface area contributed by atoms with Crippen LogP contribution < -0.4 is 20.8 Å². The van der Waals surface area contributed by atoms with Gasteiger partial charge in [-0.1, -0.05) is 0 Å². The lowest BCUT2D eigenvalue weighted by molar-refractivity contribution is 0.0940. The van der Waals surface area contributed by atoms with Crippen molar-refractivity contribution >= 4 is 43.4 Å². The van der Waals surface area contributed by atoms with Gasteiger partial charge in [0.25, 0.3) is 15.9 Å². The average molecular weight is 436 g/mol. The van der Waals surface area contributed by atoms with E-state index in [2.05, 4.69) is 10.4 Å². The Hall–Kier alpha value is -2.80. The van der Waals surface area contributed by atoms with Crippen molar-refractivity contribution in [1.29, 1.82) is 0 Å². The van der Waals surface area contributed by atoms with Gasteiger partial charge in [0.2, 0.25) is 0 Å². The molecule has 1 aliphatic rings. The SMILES string of the molecule is O=C(NNS(=O)(=O)c1ccc2oc(=O)ccc2c1)c1csc(N2CCOCC2)n1. The molecule has 0 spiro atoms. The Morgan fingerprint density at radius 2 is 1.97 bits per heavy atom. The third-order valence-electron chi connectivity index (χ3n) is 4.21. The Bertz CT molecular complexity index is 1210. The number of morpholine rings is 1. The molecule has 1 aromatic carbocycles. The number of carbonyl (C=O) groups excluding carboxylic acids is 1. The maximum atomic E-state index is 12.5. The molecule has 10 nitrogen and oxygen atoms in total. The zero-order valence-corrected chi connectivity index (χ0v) is 16.6. The van der Waals surface area contributed by atoms with Crippen molar-refractivity contribution in [3.8, 4) is 0 Å². The number of benzene rings is 1. The van der Waals surface area contributed by atoms with Crippen molar-refractivity contribution in [3.63, 3.8) is 0 Å². The van der Waals surface area contributed by atoms with Crippen LogP contribution in [0, 0.1) is 0 Å². The van der Waals surface area contributed by atoms with Gasteiger partial charge in [-0.2, -0.15) is 0 Å². The number of thiazole rings is 1. The van der Waals surface area contributed by atoms with Crippen LogP contribution in [0.25, 0.3) is 11.0 Å². The lowest BCUT2D eigenvalue weighted by atomic mass is 10.2. The van der Waals surface area contributed by atoms with Crippen LogP contribution in [0.5, 0.6) is 0 Å². The second kappa shape index (κ2) is 7.91. The summed E-state index contributed by atoms with van der Waals surface area (Å²) >= 11 is 1.30. The number of hydrazine groups is 1. The van der Waals surface area contributed by atoms with Crippen molar-refractivity contribution in [1.82, 2.24) is 15.2 Å². The molecule has 0 unspecified atom stereocenters. The summed E-state index contributed by atoms with van der Waals surface area (Å²) in [6.45, 7) is 2.55. The maximum absolute atomic E-state index is 12.5. The van der Waals surface area contributed by atoms with Crippen molar-refractivity contribution in [3.05, 3.63) is 51.8 Å². The Morgan fingerprint density at radius 1 is 1.17 bits per heavy atom. The van der Waals surface area contributed by atoms with Gasteiger partial charge in [0, 0.05) is 29.9 Å². The Morgan fingerprint density at radius 3 is 2.76 bits per heavy atom. The molecule has 4 rings (SSSR count). The number of anilines is 1. The van der Waals surface area contributed by atoms with E-state index in [1.54, 1.807) is 5.38 Å². The first kappa shape index (κ1) is 19.5. The van der Waals surface area contributed by atoms with Crippen LogP contribution >= 0.6 is 11.3 Å². The minimum Gasteiger partial charge on any atom is -0.423 e. The summed E-state index contributed by atoms with van der Waals surface area (Å²) < 4.78 is 35.2. The number of nitrogens with zero attached hydrogens (tertiary/aromatic N) is 2. The second-order valence-electron chi connectivity index (χ2n) is 6.13. The van der Waals surface area contributed by atoms with Gasteiger partial charge in [-0.3, -0.25) is 10.2 Å². The monoisotopic (exact) mass is 436 g/mol. The predicted molar refractivity (Wildman–Crippen MR) is 105 cm³/mol. The molecule has 0 saturated carbocycles. The maximum Gasteiger partial charge on any atom is 0.336 e. The molecular formula is C17H16N4O6S2. The first-order valence-corrected chi connectivity index (χ1v) is 10.9. The van der Waals surface area contributed by atoms with Crippen LogP contribution in [0.1, 0.15) is 10.5 Å². The number of hydrogen-bond donors (Lipinski definition) is 2. The number of ether oxygens (including phenoxy) is 1. The molecule has 1 aliphatic heterocycles. The van der Waals surface area contributed by atoms with E-state index >= 15 is 0 Å². The highest BCUT2D eigenvalue weighted by Crippen LogP contribution is 2.21. The van der Waals surface area contributed by atoms with E-state index < -0.39 is 21.6 Å². The van der Waals surface area contributed by atoms with E-state index in [4.69, 9.17) is 9.15 Å². The van der Waals surface area contributed by atoms with Gasteiger partial charge in [0.15, 0.2) is 5.13 Å². The minimum atomic E-state index is -4.03. The predicted octanol–water partition coefficient (Wildman–Crippen LogP) is 0.709. The molecule has 152 valence electrons. The van der Waals surface area contributed by atoms with Crippen molar-refractivity contribution in [2.45, 2.75) is 4.90 Å². The lowest BCUT2D eigenvalue weighted by Gasteiger charge is -2.25. The molecule has 1 saturated heterocycles. The molecular weight excluding hydrogens is 420 g/mol. The Labute approximate surface area is 169 Å². The molecule has 12 heteroatoms. The smallest absolute Gasteiger partial charge is 0.336 e.